The molecule has 10 nitrogen and oxygen atoms in total. The zero-order chi connectivity index (χ0) is 17.1. The number of aliphatic hydroxyl groups is 6. The summed E-state index contributed by atoms with van der Waals surface area (Å²) in [5.41, 5.74) is 0. The van der Waals surface area contributed by atoms with Crippen LogP contribution in [0.1, 0.15) is 0 Å². The van der Waals surface area contributed by atoms with Crippen molar-refractivity contribution >= 4 is 24.3 Å². The van der Waals surface area contributed by atoms with Crippen LogP contribution in [-0.4, -0.2) is 101 Å². The molecule has 1 saturated heterocycles. The molecule has 0 saturated carbocycles. The molecule has 0 aromatic carbocycles. The van der Waals surface area contributed by atoms with Gasteiger partial charge in [-0.15, -0.1) is 0 Å². The molecule has 1 fully saturated rings. The van der Waals surface area contributed by atoms with Crippen LogP contribution >= 0.6 is 0 Å². The molecule has 7 atom stereocenters. The molecule has 6 N–H and O–H groups in total. The Kier molecular flexibility index (Phi) is 7.63. The number of rotatable bonds is 8. The normalized spacial score (nSPS) is 33.6. The summed E-state index contributed by atoms with van der Waals surface area (Å²) in [4.78, 5) is -0.821. The molecular weight excluding hydrogens is 391 g/mol. The fourth-order valence-corrected chi connectivity index (χ4v) is 9.01. The Hall–Kier alpha value is 0.149. The summed E-state index contributed by atoms with van der Waals surface area (Å²) in [6, 6.07) is 0. The van der Waals surface area contributed by atoms with Crippen LogP contribution in [0.3, 0.4) is 0 Å². The van der Waals surface area contributed by atoms with Gasteiger partial charge < -0.3 is 0 Å². The molecule has 7 unspecified atom stereocenters. The Morgan fingerprint density at radius 2 is 1.82 bits per heavy atom. The number of aliphatic hydroxyl groups excluding tert-OH is 6. The van der Waals surface area contributed by atoms with Gasteiger partial charge >= 0.3 is 131 Å². The van der Waals surface area contributed by atoms with Crippen molar-refractivity contribution in [3.63, 3.8) is 0 Å². The van der Waals surface area contributed by atoms with E-state index in [1.165, 1.54) is 0 Å². The zero-order valence-electron chi connectivity index (χ0n) is 11.4. The minimum atomic E-state index is -5.11. The monoisotopic (exact) mass is 412 g/mol. The van der Waals surface area contributed by atoms with Crippen molar-refractivity contribution in [1.29, 1.82) is 0 Å². The number of hydrogen-bond donors (Lipinski definition) is 6. The second kappa shape index (κ2) is 8.31. The first kappa shape index (κ1) is 20.2. The molecule has 1 rings (SSSR count). The van der Waals surface area contributed by atoms with E-state index in [2.05, 4.69) is 4.18 Å². The minimum absolute atomic E-state index is 0.113. The first-order chi connectivity index (χ1) is 10.1. The van der Waals surface area contributed by atoms with Gasteiger partial charge in [-0.2, -0.15) is 0 Å². The molecule has 1 aliphatic rings. The van der Waals surface area contributed by atoms with Crippen molar-refractivity contribution in [2.75, 3.05) is 13.2 Å². The molecule has 132 valence electrons. The SMILES string of the molecule is O=S(=O)([O-])OC(CO)C(O)C[Se+]1CC(O)C(O)C1C(O)CO. The van der Waals surface area contributed by atoms with Crippen LogP contribution in [0.2, 0.25) is 15.5 Å². The Bertz CT molecular complexity index is 445. The van der Waals surface area contributed by atoms with Gasteiger partial charge in [0.15, 0.2) is 0 Å². The molecular formula is C10H20O10SSe. The average Bonchev–Trinajstić information content (AvgIpc) is 2.69. The second-order valence-electron chi connectivity index (χ2n) is 4.94. The van der Waals surface area contributed by atoms with Gasteiger partial charge in [0.05, 0.1) is 0 Å². The Morgan fingerprint density at radius 1 is 1.23 bits per heavy atom. The third-order valence-corrected chi connectivity index (χ3v) is 9.87. The Labute approximate surface area is 131 Å². The molecule has 12 heteroatoms. The Morgan fingerprint density at radius 3 is 2.27 bits per heavy atom. The van der Waals surface area contributed by atoms with Gasteiger partial charge in [0.1, 0.15) is 0 Å². The van der Waals surface area contributed by atoms with Gasteiger partial charge in [-0.1, -0.05) is 0 Å². The van der Waals surface area contributed by atoms with Crippen molar-refractivity contribution in [2.24, 2.45) is 0 Å². The summed E-state index contributed by atoms with van der Waals surface area (Å²) in [6.07, 6.45) is -6.87. The van der Waals surface area contributed by atoms with E-state index < -0.39 is 72.8 Å². The molecule has 1 aliphatic heterocycles. The van der Waals surface area contributed by atoms with Crippen molar-refractivity contribution in [3.05, 3.63) is 0 Å². The van der Waals surface area contributed by atoms with E-state index in [4.69, 9.17) is 10.2 Å². The van der Waals surface area contributed by atoms with E-state index in [1.807, 2.05) is 0 Å². The van der Waals surface area contributed by atoms with Crippen LogP contribution in [0.4, 0.5) is 0 Å². The van der Waals surface area contributed by atoms with Gasteiger partial charge in [0.25, 0.3) is 0 Å². The van der Waals surface area contributed by atoms with Crippen LogP contribution in [-0.2, 0) is 14.6 Å². The molecule has 0 aromatic rings. The summed E-state index contributed by atoms with van der Waals surface area (Å²) >= 11 is -2.08. The zero-order valence-corrected chi connectivity index (χ0v) is 14.0. The summed E-state index contributed by atoms with van der Waals surface area (Å²) in [7, 11) is -5.11. The maximum atomic E-state index is 10.5. The van der Waals surface area contributed by atoms with Crippen molar-refractivity contribution in [3.8, 4) is 0 Å². The van der Waals surface area contributed by atoms with Gasteiger partial charge in [0, 0.05) is 0 Å². The Balaban J connectivity index is 2.77. The quantitative estimate of drug-likeness (QED) is 0.131. The fraction of sp³-hybridized carbons (Fsp3) is 1.00. The van der Waals surface area contributed by atoms with Crippen LogP contribution in [0.5, 0.6) is 0 Å². The van der Waals surface area contributed by atoms with E-state index >= 15 is 0 Å². The van der Waals surface area contributed by atoms with Crippen molar-refractivity contribution in [1.82, 2.24) is 0 Å². The second-order valence-corrected chi connectivity index (χ2v) is 10.7. The fourth-order valence-electron chi connectivity index (χ4n) is 2.27. The third kappa shape index (κ3) is 5.35. The maximum absolute atomic E-state index is 10.5. The van der Waals surface area contributed by atoms with Crippen molar-refractivity contribution in [2.45, 2.75) is 46.0 Å². The summed E-state index contributed by atoms with van der Waals surface area (Å²) in [5.74, 6) is 0. The molecule has 0 aromatic heterocycles. The molecule has 0 aliphatic carbocycles. The summed E-state index contributed by atoms with van der Waals surface area (Å²) in [6.45, 7) is -1.56. The topological polar surface area (TPSA) is 188 Å². The van der Waals surface area contributed by atoms with Crippen LogP contribution in [0, 0.1) is 0 Å². The van der Waals surface area contributed by atoms with Gasteiger partial charge in [0.2, 0.25) is 0 Å². The number of hydrogen-bond acceptors (Lipinski definition) is 10. The third-order valence-electron chi connectivity index (χ3n) is 3.30. The standard InChI is InChI=1S/C10H20O10SSe/c11-1-5(13)10-9(16)7(15)4-22(10)3-6(14)8(2-12)20-21(17,18)19/h5-16H,1-4H2. The van der Waals surface area contributed by atoms with E-state index in [0.717, 1.165) is 0 Å². The van der Waals surface area contributed by atoms with E-state index in [9.17, 15) is 33.4 Å². The molecule has 0 spiro atoms. The molecule has 0 bridgehead atoms. The predicted molar refractivity (Wildman–Crippen MR) is 71.9 cm³/mol. The predicted octanol–water partition coefficient (Wildman–Crippen LogP) is -3.86. The van der Waals surface area contributed by atoms with Gasteiger partial charge in [-0.05, 0) is 0 Å². The van der Waals surface area contributed by atoms with Crippen LogP contribution in [0.15, 0.2) is 0 Å². The van der Waals surface area contributed by atoms with Crippen LogP contribution < -0.4 is 0 Å². The first-order valence-electron chi connectivity index (χ1n) is 6.35. The van der Waals surface area contributed by atoms with E-state index in [1.54, 1.807) is 0 Å². The molecule has 0 amide bonds. The van der Waals surface area contributed by atoms with E-state index in [0.29, 0.717) is 0 Å². The molecule has 22 heavy (non-hydrogen) atoms. The first-order valence-corrected chi connectivity index (χ1v) is 11.1. The summed E-state index contributed by atoms with van der Waals surface area (Å²) in [5, 5.41) is 57.1. The van der Waals surface area contributed by atoms with Gasteiger partial charge in [-0.25, -0.2) is 0 Å². The molecule has 0 radical (unpaired) electrons. The van der Waals surface area contributed by atoms with Gasteiger partial charge in [-0.3, -0.25) is 0 Å². The summed E-state index contributed by atoms with van der Waals surface area (Å²) < 4.78 is 35.6. The van der Waals surface area contributed by atoms with E-state index in [-0.39, 0.29) is 10.6 Å². The van der Waals surface area contributed by atoms with Crippen LogP contribution in [0.25, 0.3) is 0 Å². The van der Waals surface area contributed by atoms with Crippen molar-refractivity contribution < 1.29 is 47.8 Å². The average molecular weight is 411 g/mol. The molecule has 1 heterocycles.